The number of amidine groups is 1. The molecule has 2 nitrogen and oxygen atoms in total. The summed E-state index contributed by atoms with van der Waals surface area (Å²) in [7, 11) is 0. The van der Waals surface area contributed by atoms with Crippen molar-refractivity contribution in [3.63, 3.8) is 0 Å². The largest absolute Gasteiger partial charge is 0.361 e. The van der Waals surface area contributed by atoms with Gasteiger partial charge in [-0.25, -0.2) is 0 Å². The Morgan fingerprint density at radius 1 is 1.04 bits per heavy atom. The molecule has 1 aliphatic heterocycles. The van der Waals surface area contributed by atoms with Crippen LogP contribution in [0, 0.1) is 0 Å². The molecule has 3 heteroatoms. The van der Waals surface area contributed by atoms with Crippen LogP contribution in [0.5, 0.6) is 0 Å². The molecule has 0 radical (unpaired) electrons. The van der Waals surface area contributed by atoms with Crippen LogP contribution in [-0.2, 0) is 11.3 Å². The van der Waals surface area contributed by atoms with Gasteiger partial charge in [-0.2, -0.15) is 0 Å². The zero-order valence-corrected chi connectivity index (χ0v) is 17.0. The smallest absolute Gasteiger partial charge is 0.108 e. The molecule has 4 rings (SSSR count). The molecule has 0 fully saturated rings. The van der Waals surface area contributed by atoms with Gasteiger partial charge < -0.3 is 5.32 Å². The Morgan fingerprint density at radius 3 is 2.57 bits per heavy atom. The van der Waals surface area contributed by atoms with E-state index in [2.05, 4.69) is 103 Å². The number of allylic oxidation sites excluding steroid dienone is 4. The summed E-state index contributed by atoms with van der Waals surface area (Å²) >= 11 is 1.91. The van der Waals surface area contributed by atoms with Crippen LogP contribution in [0.2, 0.25) is 0 Å². The zero-order chi connectivity index (χ0) is 19.2. The summed E-state index contributed by atoms with van der Waals surface area (Å²) in [6, 6.07) is 21.4. The number of nitrogens with one attached hydrogen (secondary N) is 1. The van der Waals surface area contributed by atoms with E-state index in [0.717, 1.165) is 23.8 Å². The molecule has 0 bridgehead atoms. The van der Waals surface area contributed by atoms with Gasteiger partial charge in [0.15, 0.2) is 0 Å². The summed E-state index contributed by atoms with van der Waals surface area (Å²) in [5, 5.41) is 3.77. The first-order valence-electron chi connectivity index (χ1n) is 9.81. The van der Waals surface area contributed by atoms with E-state index >= 15 is 0 Å². The molecule has 28 heavy (non-hydrogen) atoms. The Kier molecular flexibility index (Phi) is 5.82. The summed E-state index contributed by atoms with van der Waals surface area (Å²) in [5.41, 5.74) is 3.68. The van der Waals surface area contributed by atoms with Gasteiger partial charge in [0, 0.05) is 7.18 Å². The van der Waals surface area contributed by atoms with Crippen molar-refractivity contribution in [2.24, 2.45) is 4.99 Å². The van der Waals surface area contributed by atoms with Crippen LogP contribution in [0.3, 0.4) is 0 Å². The number of rotatable bonds is 6. The van der Waals surface area contributed by atoms with E-state index in [9.17, 15) is 0 Å². The van der Waals surface area contributed by atoms with E-state index in [1.54, 1.807) is 0 Å². The molecule has 1 aliphatic carbocycles. The van der Waals surface area contributed by atoms with Crippen LogP contribution < -0.4 is 5.32 Å². The van der Waals surface area contributed by atoms with E-state index in [1.807, 2.05) is 11.8 Å². The molecule has 0 spiro atoms. The van der Waals surface area contributed by atoms with Crippen LogP contribution in [0.1, 0.15) is 25.9 Å². The van der Waals surface area contributed by atoms with Crippen LogP contribution in [0.15, 0.2) is 102 Å². The van der Waals surface area contributed by atoms with Crippen molar-refractivity contribution < 1.29 is 1.43 Å². The fraction of sp³-hybridized carbons (Fsp3) is 0.240. The highest BCUT2D eigenvalue weighted by Gasteiger charge is 2.42. The van der Waals surface area contributed by atoms with E-state index in [1.165, 1.54) is 16.7 Å². The molecule has 2 atom stereocenters. The molecular weight excluding hydrogens is 360 g/mol. The van der Waals surface area contributed by atoms with Crippen molar-refractivity contribution in [2.45, 2.75) is 30.7 Å². The Labute approximate surface area is 173 Å². The first kappa shape index (κ1) is 18.8. The predicted molar refractivity (Wildman–Crippen MR) is 124 cm³/mol. The fourth-order valence-corrected chi connectivity index (χ4v) is 4.69. The standard InChI is InChI=1S/C25H26N2S.H2/c1-25(22-16-10-5-11-17-22)24(21-14-8-2-3-9-15-21)26-23(27-25)19-28-18-20-12-6-4-7-13-20;/h2-8,10-17,24H,9,18-19H2,1H3,(H,26,27);1H/t24-,25+;/m1./s1. The van der Waals surface area contributed by atoms with Crippen molar-refractivity contribution in [3.8, 4) is 0 Å². The molecular formula is C25H28N2S. The van der Waals surface area contributed by atoms with Crippen molar-refractivity contribution in [3.05, 3.63) is 108 Å². The summed E-state index contributed by atoms with van der Waals surface area (Å²) in [6.45, 7) is 2.28. The first-order valence-corrected chi connectivity index (χ1v) is 11.0. The Morgan fingerprint density at radius 2 is 1.79 bits per heavy atom. The SMILES string of the molecule is C[C@@]1(c2ccccc2)NC(CSCc2ccccc2)=N[C@@H]1C1=CCC=CC=C1.[HH]. The van der Waals surface area contributed by atoms with Crippen molar-refractivity contribution >= 4 is 17.6 Å². The fourth-order valence-electron chi connectivity index (χ4n) is 3.82. The Balaban J connectivity index is 0.00000240. The molecule has 144 valence electrons. The Bertz CT molecular complexity index is 918. The van der Waals surface area contributed by atoms with Crippen LogP contribution in [0.4, 0.5) is 0 Å². The lowest BCUT2D eigenvalue weighted by Crippen LogP contribution is -2.45. The maximum Gasteiger partial charge on any atom is 0.108 e. The van der Waals surface area contributed by atoms with Gasteiger partial charge in [-0.05, 0) is 30.0 Å². The van der Waals surface area contributed by atoms with Gasteiger partial charge in [0.2, 0.25) is 0 Å². The summed E-state index contributed by atoms with van der Waals surface area (Å²) in [4.78, 5) is 5.15. The summed E-state index contributed by atoms with van der Waals surface area (Å²) in [6.07, 6.45) is 11.9. The number of thioether (sulfide) groups is 1. The lowest BCUT2D eigenvalue weighted by molar-refractivity contribution is 0.414. The maximum atomic E-state index is 5.15. The monoisotopic (exact) mass is 388 g/mol. The summed E-state index contributed by atoms with van der Waals surface area (Å²) < 4.78 is 0. The minimum atomic E-state index is -0.232. The topological polar surface area (TPSA) is 24.4 Å². The first-order chi connectivity index (χ1) is 13.8. The second kappa shape index (κ2) is 8.66. The average molecular weight is 389 g/mol. The predicted octanol–water partition coefficient (Wildman–Crippen LogP) is 5.89. The lowest BCUT2D eigenvalue weighted by Gasteiger charge is -2.32. The van der Waals surface area contributed by atoms with Crippen LogP contribution in [0.25, 0.3) is 0 Å². The third kappa shape index (κ3) is 4.15. The van der Waals surface area contributed by atoms with Gasteiger partial charge in [-0.1, -0.05) is 91.0 Å². The molecule has 2 aliphatic rings. The number of hydrogen-bond donors (Lipinski definition) is 1. The van der Waals surface area contributed by atoms with Gasteiger partial charge in [0.1, 0.15) is 11.9 Å². The van der Waals surface area contributed by atoms with Crippen molar-refractivity contribution in [1.29, 1.82) is 0 Å². The Hall–Kier alpha value is -2.52. The van der Waals surface area contributed by atoms with Gasteiger partial charge >= 0.3 is 0 Å². The van der Waals surface area contributed by atoms with Crippen molar-refractivity contribution in [2.75, 3.05) is 5.75 Å². The molecule has 2 aromatic carbocycles. The molecule has 0 amide bonds. The van der Waals surface area contributed by atoms with Gasteiger partial charge in [-0.15, -0.1) is 11.8 Å². The minimum absolute atomic E-state index is 0. The molecule has 0 saturated carbocycles. The van der Waals surface area contributed by atoms with E-state index in [-0.39, 0.29) is 13.0 Å². The highest BCUT2D eigenvalue weighted by molar-refractivity contribution is 7.99. The quantitative estimate of drug-likeness (QED) is 0.667. The number of hydrogen-bond acceptors (Lipinski definition) is 3. The van der Waals surface area contributed by atoms with Gasteiger partial charge in [0.25, 0.3) is 0 Å². The maximum absolute atomic E-state index is 5.15. The second-order valence-electron chi connectivity index (χ2n) is 7.38. The molecule has 1 heterocycles. The van der Waals surface area contributed by atoms with Crippen LogP contribution in [-0.4, -0.2) is 17.6 Å². The average Bonchev–Trinajstić information content (AvgIpc) is 2.91. The number of benzene rings is 2. The molecule has 0 unspecified atom stereocenters. The van der Waals surface area contributed by atoms with Gasteiger partial charge in [0.05, 0.1) is 11.3 Å². The highest BCUT2D eigenvalue weighted by atomic mass is 32.2. The normalized spacial score (nSPS) is 23.7. The van der Waals surface area contributed by atoms with E-state index < -0.39 is 0 Å². The highest BCUT2D eigenvalue weighted by Crippen LogP contribution is 2.36. The minimum Gasteiger partial charge on any atom is -0.361 e. The number of aliphatic imine (C=N–C) groups is 1. The van der Waals surface area contributed by atoms with Gasteiger partial charge in [-0.3, -0.25) is 4.99 Å². The lowest BCUT2D eigenvalue weighted by atomic mass is 9.81. The van der Waals surface area contributed by atoms with E-state index in [4.69, 9.17) is 4.99 Å². The van der Waals surface area contributed by atoms with Crippen molar-refractivity contribution in [1.82, 2.24) is 5.32 Å². The molecule has 0 saturated heterocycles. The second-order valence-corrected chi connectivity index (χ2v) is 8.36. The zero-order valence-electron chi connectivity index (χ0n) is 16.2. The molecule has 0 aromatic heterocycles. The molecule has 2 aromatic rings. The summed E-state index contributed by atoms with van der Waals surface area (Å²) in [5.74, 6) is 2.98. The van der Waals surface area contributed by atoms with E-state index in [0.29, 0.717) is 0 Å². The molecule has 1 N–H and O–H groups in total. The third-order valence-electron chi connectivity index (χ3n) is 5.30. The third-order valence-corrected chi connectivity index (χ3v) is 6.32. The number of nitrogens with zero attached hydrogens (tertiary/aromatic N) is 1. The van der Waals surface area contributed by atoms with Crippen LogP contribution >= 0.6 is 11.8 Å².